The predicted molar refractivity (Wildman–Crippen MR) is 96.0 cm³/mol. The number of rotatable bonds is 18. The number of hydrogen-bond acceptors (Lipinski definition) is 2. The van der Waals surface area contributed by atoms with Crippen LogP contribution in [0.2, 0.25) is 0 Å². The van der Waals surface area contributed by atoms with Gasteiger partial charge in [0.15, 0.2) is 0 Å². The van der Waals surface area contributed by atoms with Crippen molar-refractivity contribution in [1.29, 1.82) is 5.26 Å². The van der Waals surface area contributed by atoms with Crippen LogP contribution in [-0.4, -0.2) is 13.2 Å². The molecule has 0 N–H and O–H groups in total. The van der Waals surface area contributed by atoms with Crippen molar-refractivity contribution in [1.82, 2.24) is 0 Å². The van der Waals surface area contributed by atoms with E-state index in [4.69, 9.17) is 10.00 Å². The molecule has 0 aliphatic carbocycles. The summed E-state index contributed by atoms with van der Waals surface area (Å²) in [4.78, 5) is 0. The quantitative estimate of drug-likeness (QED) is 0.261. The van der Waals surface area contributed by atoms with Gasteiger partial charge < -0.3 is 4.74 Å². The normalized spacial score (nSPS) is 10.7. The Bertz CT molecular complexity index is 234. The Labute approximate surface area is 139 Å². The zero-order valence-electron chi connectivity index (χ0n) is 15.1. The molecule has 0 fully saturated rings. The Morgan fingerprint density at radius 2 is 0.955 bits per heavy atom. The van der Waals surface area contributed by atoms with Gasteiger partial charge in [0.05, 0.1) is 6.07 Å². The van der Waals surface area contributed by atoms with Gasteiger partial charge in [-0.1, -0.05) is 103 Å². The first-order chi connectivity index (χ1) is 10.9. The smallest absolute Gasteiger partial charge is 0.133 e. The van der Waals surface area contributed by atoms with Gasteiger partial charge in [-0.2, -0.15) is 5.26 Å². The molecule has 0 spiro atoms. The van der Waals surface area contributed by atoms with Crippen molar-refractivity contribution in [3.63, 3.8) is 0 Å². The first kappa shape index (κ1) is 21.4. The summed E-state index contributed by atoms with van der Waals surface area (Å²) in [6.45, 7) is 3.29. The maximum absolute atomic E-state index is 8.33. The van der Waals surface area contributed by atoms with Crippen LogP contribution in [0.3, 0.4) is 0 Å². The molecule has 0 aromatic rings. The SMILES string of the molecule is CCCCCCCCCCCCCCCCCCOCC#N. The molecule has 0 saturated heterocycles. The van der Waals surface area contributed by atoms with Crippen LogP contribution in [-0.2, 0) is 4.74 Å². The van der Waals surface area contributed by atoms with Crippen molar-refractivity contribution in [2.24, 2.45) is 0 Å². The van der Waals surface area contributed by atoms with Gasteiger partial charge >= 0.3 is 0 Å². The van der Waals surface area contributed by atoms with Gasteiger partial charge in [0, 0.05) is 6.61 Å². The lowest BCUT2D eigenvalue weighted by Crippen LogP contribution is -1.94. The molecule has 0 aromatic heterocycles. The summed E-state index contributed by atoms with van der Waals surface area (Å²) < 4.78 is 5.14. The van der Waals surface area contributed by atoms with Gasteiger partial charge in [-0.15, -0.1) is 0 Å². The maximum Gasteiger partial charge on any atom is 0.133 e. The highest BCUT2D eigenvalue weighted by Gasteiger charge is 1.94. The average Bonchev–Trinajstić information content (AvgIpc) is 2.54. The molecule has 0 unspecified atom stereocenters. The molecule has 0 rings (SSSR count). The minimum Gasteiger partial charge on any atom is -0.367 e. The molecular formula is C20H39NO. The Kier molecular flexibility index (Phi) is 19.9. The van der Waals surface area contributed by atoms with Crippen LogP contribution < -0.4 is 0 Å². The van der Waals surface area contributed by atoms with Crippen molar-refractivity contribution >= 4 is 0 Å². The molecule has 0 atom stereocenters. The standard InChI is InChI=1S/C20H39NO/c1-2-3-4-5-6-7-8-9-10-11-12-13-14-15-16-17-19-22-20-18-21/h2-17,19-20H2,1H3. The molecular weight excluding hydrogens is 270 g/mol. The highest BCUT2D eigenvalue weighted by molar-refractivity contribution is 4.66. The van der Waals surface area contributed by atoms with E-state index in [1.807, 2.05) is 6.07 Å². The van der Waals surface area contributed by atoms with Crippen LogP contribution in [0.1, 0.15) is 110 Å². The van der Waals surface area contributed by atoms with Crippen LogP contribution in [0.5, 0.6) is 0 Å². The van der Waals surface area contributed by atoms with E-state index >= 15 is 0 Å². The minimum atomic E-state index is 0.249. The van der Waals surface area contributed by atoms with E-state index in [0.717, 1.165) is 13.0 Å². The summed E-state index contributed by atoms with van der Waals surface area (Å²) in [5.74, 6) is 0. The third-order valence-electron chi connectivity index (χ3n) is 4.31. The molecule has 2 heteroatoms. The predicted octanol–water partition coefficient (Wildman–Crippen LogP) is 6.79. The Morgan fingerprint density at radius 3 is 1.32 bits per heavy atom. The van der Waals surface area contributed by atoms with Crippen molar-refractivity contribution < 1.29 is 4.74 Å². The third-order valence-corrected chi connectivity index (χ3v) is 4.31. The van der Waals surface area contributed by atoms with E-state index in [1.165, 1.54) is 96.3 Å². The molecule has 0 amide bonds. The van der Waals surface area contributed by atoms with Gasteiger partial charge in [-0.25, -0.2) is 0 Å². The van der Waals surface area contributed by atoms with E-state index in [1.54, 1.807) is 0 Å². The maximum atomic E-state index is 8.33. The van der Waals surface area contributed by atoms with Gasteiger partial charge in [0.2, 0.25) is 0 Å². The second-order valence-electron chi connectivity index (χ2n) is 6.51. The number of nitriles is 1. The summed E-state index contributed by atoms with van der Waals surface area (Å²) in [5, 5.41) is 8.33. The van der Waals surface area contributed by atoms with Crippen molar-refractivity contribution in [2.75, 3.05) is 13.2 Å². The molecule has 0 bridgehead atoms. The Balaban J connectivity index is 2.93. The molecule has 0 radical (unpaired) electrons. The zero-order valence-corrected chi connectivity index (χ0v) is 15.1. The molecule has 2 nitrogen and oxygen atoms in total. The number of hydrogen-bond donors (Lipinski definition) is 0. The van der Waals surface area contributed by atoms with Crippen LogP contribution in [0.15, 0.2) is 0 Å². The summed E-state index contributed by atoms with van der Waals surface area (Å²) in [5.41, 5.74) is 0. The lowest BCUT2D eigenvalue weighted by molar-refractivity contribution is 0.160. The fourth-order valence-corrected chi connectivity index (χ4v) is 2.87. The van der Waals surface area contributed by atoms with E-state index in [0.29, 0.717) is 0 Å². The highest BCUT2D eigenvalue weighted by Crippen LogP contribution is 2.13. The molecule has 0 saturated carbocycles. The molecule has 22 heavy (non-hydrogen) atoms. The van der Waals surface area contributed by atoms with Gasteiger partial charge in [0.1, 0.15) is 6.61 Å². The van der Waals surface area contributed by atoms with Crippen LogP contribution in [0.4, 0.5) is 0 Å². The molecule has 0 aliphatic heterocycles. The van der Waals surface area contributed by atoms with E-state index in [2.05, 4.69) is 6.92 Å². The summed E-state index contributed by atoms with van der Waals surface area (Å²) in [6.07, 6.45) is 22.2. The lowest BCUT2D eigenvalue weighted by atomic mass is 10.0. The van der Waals surface area contributed by atoms with Crippen molar-refractivity contribution in [2.45, 2.75) is 110 Å². The van der Waals surface area contributed by atoms with Crippen LogP contribution in [0.25, 0.3) is 0 Å². The van der Waals surface area contributed by atoms with Crippen LogP contribution >= 0.6 is 0 Å². The second-order valence-corrected chi connectivity index (χ2v) is 6.51. The van der Waals surface area contributed by atoms with Crippen LogP contribution in [0, 0.1) is 11.3 Å². The first-order valence-electron chi connectivity index (χ1n) is 9.86. The largest absolute Gasteiger partial charge is 0.367 e. The molecule has 130 valence electrons. The monoisotopic (exact) mass is 309 g/mol. The van der Waals surface area contributed by atoms with E-state index < -0.39 is 0 Å². The van der Waals surface area contributed by atoms with Gasteiger partial charge in [0.25, 0.3) is 0 Å². The first-order valence-corrected chi connectivity index (χ1v) is 9.86. The fraction of sp³-hybridized carbons (Fsp3) is 0.950. The Morgan fingerprint density at radius 1 is 0.591 bits per heavy atom. The average molecular weight is 310 g/mol. The number of ether oxygens (including phenoxy) is 1. The number of nitrogens with zero attached hydrogens (tertiary/aromatic N) is 1. The summed E-state index contributed by atoms with van der Waals surface area (Å²) >= 11 is 0. The molecule has 0 aromatic carbocycles. The highest BCUT2D eigenvalue weighted by atomic mass is 16.5. The topological polar surface area (TPSA) is 33.0 Å². The van der Waals surface area contributed by atoms with Gasteiger partial charge in [-0.3, -0.25) is 0 Å². The second kappa shape index (κ2) is 20.5. The van der Waals surface area contributed by atoms with Crippen molar-refractivity contribution in [3.8, 4) is 6.07 Å². The molecule has 0 heterocycles. The number of unbranched alkanes of at least 4 members (excludes halogenated alkanes) is 15. The van der Waals surface area contributed by atoms with Crippen molar-refractivity contribution in [3.05, 3.63) is 0 Å². The summed E-state index contributed by atoms with van der Waals surface area (Å²) in [6, 6.07) is 2.00. The van der Waals surface area contributed by atoms with E-state index in [9.17, 15) is 0 Å². The zero-order chi connectivity index (χ0) is 16.1. The van der Waals surface area contributed by atoms with E-state index in [-0.39, 0.29) is 6.61 Å². The summed E-state index contributed by atoms with van der Waals surface area (Å²) in [7, 11) is 0. The Hall–Kier alpha value is -0.550. The molecule has 0 aliphatic rings. The fourth-order valence-electron chi connectivity index (χ4n) is 2.87. The van der Waals surface area contributed by atoms with Gasteiger partial charge in [-0.05, 0) is 6.42 Å². The third kappa shape index (κ3) is 19.4. The minimum absolute atomic E-state index is 0.249. The lowest BCUT2D eigenvalue weighted by Gasteiger charge is -2.03.